The van der Waals surface area contributed by atoms with Crippen LogP contribution in [-0.4, -0.2) is 54.1 Å². The molecule has 20 heavy (non-hydrogen) atoms. The van der Waals surface area contributed by atoms with Gasteiger partial charge in [0, 0.05) is 13.1 Å². The van der Waals surface area contributed by atoms with E-state index in [4.69, 9.17) is 4.74 Å². The van der Waals surface area contributed by atoms with Crippen LogP contribution >= 0.6 is 0 Å². The third-order valence-electron chi connectivity index (χ3n) is 2.55. The van der Waals surface area contributed by atoms with E-state index in [-0.39, 0.29) is 12.5 Å². The molecule has 1 unspecified atom stereocenters. The number of hydrogen-bond donors (Lipinski definition) is 2. The zero-order valence-electron chi connectivity index (χ0n) is 12.1. The molecule has 1 atom stereocenters. The Hall–Kier alpha value is -2.05. The summed E-state index contributed by atoms with van der Waals surface area (Å²) in [4.78, 5) is 36.5. The Kier molecular flexibility index (Phi) is 5.12. The summed E-state index contributed by atoms with van der Waals surface area (Å²) in [6.07, 6.45) is 0.572. The fraction of sp³-hybridized carbons (Fsp3) is 0.615. The lowest BCUT2D eigenvalue weighted by molar-refractivity contribution is -0.126. The first-order valence-corrected chi connectivity index (χ1v) is 6.41. The van der Waals surface area contributed by atoms with E-state index in [1.54, 1.807) is 20.8 Å². The Morgan fingerprint density at radius 1 is 1.50 bits per heavy atom. The molecule has 0 bridgehead atoms. The summed E-state index contributed by atoms with van der Waals surface area (Å²) in [5.74, 6) is -0.789. The van der Waals surface area contributed by atoms with Gasteiger partial charge in [0.05, 0.1) is 6.54 Å². The molecule has 3 amide bonds. The summed E-state index contributed by atoms with van der Waals surface area (Å²) >= 11 is 0. The molecule has 1 rings (SSSR count). The maximum atomic E-state index is 12.0. The molecule has 7 heteroatoms. The molecule has 0 spiro atoms. The smallest absolute Gasteiger partial charge is 0.410 e. The Morgan fingerprint density at radius 2 is 2.15 bits per heavy atom. The molecule has 7 nitrogen and oxygen atoms in total. The number of nitrogens with zero attached hydrogens (tertiary/aromatic N) is 1. The first-order valence-electron chi connectivity index (χ1n) is 6.41. The highest BCUT2D eigenvalue weighted by atomic mass is 16.6. The van der Waals surface area contributed by atoms with Gasteiger partial charge in [-0.1, -0.05) is 6.58 Å². The summed E-state index contributed by atoms with van der Waals surface area (Å²) in [7, 11) is 0. The third-order valence-corrected chi connectivity index (χ3v) is 2.55. The molecule has 112 valence electrons. The van der Waals surface area contributed by atoms with E-state index in [2.05, 4.69) is 17.2 Å². The van der Waals surface area contributed by atoms with Gasteiger partial charge in [-0.3, -0.25) is 9.59 Å². The number of carbonyl (C=O) groups is 3. The molecule has 0 radical (unpaired) electrons. The van der Waals surface area contributed by atoms with Gasteiger partial charge in [0.25, 0.3) is 0 Å². The van der Waals surface area contributed by atoms with Crippen LogP contribution in [0.1, 0.15) is 20.8 Å². The number of rotatable bonds is 2. The van der Waals surface area contributed by atoms with Gasteiger partial charge < -0.3 is 20.3 Å². The molecule has 1 fully saturated rings. The van der Waals surface area contributed by atoms with Crippen molar-refractivity contribution in [2.75, 3.05) is 19.6 Å². The van der Waals surface area contributed by atoms with Gasteiger partial charge in [-0.05, 0) is 26.8 Å². The van der Waals surface area contributed by atoms with Gasteiger partial charge in [-0.15, -0.1) is 0 Å². The van der Waals surface area contributed by atoms with Gasteiger partial charge in [0.15, 0.2) is 0 Å². The second kappa shape index (κ2) is 6.40. The van der Waals surface area contributed by atoms with Crippen molar-refractivity contribution in [3.63, 3.8) is 0 Å². The fourth-order valence-corrected chi connectivity index (χ4v) is 1.67. The lowest BCUT2D eigenvalue weighted by Crippen LogP contribution is -2.50. The Labute approximate surface area is 118 Å². The Balaban J connectivity index is 2.73. The van der Waals surface area contributed by atoms with Gasteiger partial charge in [-0.25, -0.2) is 4.79 Å². The average Bonchev–Trinajstić information content (AvgIpc) is 2.50. The minimum atomic E-state index is -0.810. The van der Waals surface area contributed by atoms with Crippen LogP contribution in [0.15, 0.2) is 12.7 Å². The van der Waals surface area contributed by atoms with Crippen molar-refractivity contribution in [2.45, 2.75) is 32.4 Å². The second-order valence-electron chi connectivity index (χ2n) is 5.48. The molecular weight excluding hydrogens is 262 g/mol. The average molecular weight is 283 g/mol. The highest BCUT2D eigenvalue weighted by Gasteiger charge is 2.30. The fourth-order valence-electron chi connectivity index (χ4n) is 1.67. The molecule has 0 saturated carbocycles. The molecule has 0 aliphatic carbocycles. The quantitative estimate of drug-likeness (QED) is 0.700. The molecule has 1 heterocycles. The minimum Gasteiger partial charge on any atom is -0.444 e. The molecule has 1 aliphatic rings. The SMILES string of the molecule is C=CC(=O)NC1CN(C(=O)OC(C)(C)C)CCNC1=O. The van der Waals surface area contributed by atoms with Crippen LogP contribution in [0.2, 0.25) is 0 Å². The van der Waals surface area contributed by atoms with Crippen molar-refractivity contribution in [3.05, 3.63) is 12.7 Å². The van der Waals surface area contributed by atoms with Gasteiger partial charge in [0.1, 0.15) is 11.6 Å². The van der Waals surface area contributed by atoms with Crippen molar-refractivity contribution in [1.82, 2.24) is 15.5 Å². The maximum Gasteiger partial charge on any atom is 0.410 e. The second-order valence-corrected chi connectivity index (χ2v) is 5.48. The summed E-state index contributed by atoms with van der Waals surface area (Å²) < 4.78 is 5.26. The van der Waals surface area contributed by atoms with E-state index in [1.807, 2.05) is 0 Å². The summed E-state index contributed by atoms with van der Waals surface area (Å²) in [5.41, 5.74) is -0.610. The Morgan fingerprint density at radius 3 is 2.70 bits per heavy atom. The van der Waals surface area contributed by atoms with Gasteiger partial charge >= 0.3 is 6.09 Å². The van der Waals surface area contributed by atoms with E-state index in [0.717, 1.165) is 6.08 Å². The van der Waals surface area contributed by atoms with Crippen LogP contribution in [0.25, 0.3) is 0 Å². The summed E-state index contributed by atoms with van der Waals surface area (Å²) in [6.45, 7) is 9.35. The third kappa shape index (κ3) is 4.91. The van der Waals surface area contributed by atoms with E-state index >= 15 is 0 Å². The zero-order valence-corrected chi connectivity index (χ0v) is 12.1. The molecule has 0 aromatic rings. The maximum absolute atomic E-state index is 12.0. The van der Waals surface area contributed by atoms with Crippen molar-refractivity contribution >= 4 is 17.9 Å². The van der Waals surface area contributed by atoms with E-state index in [9.17, 15) is 14.4 Å². The predicted molar refractivity (Wildman–Crippen MR) is 72.9 cm³/mol. The number of ether oxygens (including phenoxy) is 1. The Bertz CT molecular complexity index is 414. The van der Waals surface area contributed by atoms with E-state index < -0.39 is 23.6 Å². The molecule has 1 aliphatic heterocycles. The molecule has 0 aromatic heterocycles. The number of nitrogens with one attached hydrogen (secondary N) is 2. The molecule has 2 N–H and O–H groups in total. The summed E-state index contributed by atoms with van der Waals surface area (Å²) in [6, 6.07) is -0.810. The lowest BCUT2D eigenvalue weighted by Gasteiger charge is -2.27. The monoisotopic (exact) mass is 283 g/mol. The van der Waals surface area contributed by atoms with Crippen molar-refractivity contribution in [2.24, 2.45) is 0 Å². The van der Waals surface area contributed by atoms with Crippen molar-refractivity contribution in [3.8, 4) is 0 Å². The number of amides is 3. The van der Waals surface area contributed by atoms with Crippen LogP contribution in [0, 0.1) is 0 Å². The van der Waals surface area contributed by atoms with Crippen LogP contribution in [0.5, 0.6) is 0 Å². The van der Waals surface area contributed by atoms with Crippen LogP contribution in [0.4, 0.5) is 4.79 Å². The van der Waals surface area contributed by atoms with Gasteiger partial charge in [-0.2, -0.15) is 0 Å². The van der Waals surface area contributed by atoms with Crippen LogP contribution < -0.4 is 10.6 Å². The normalized spacial score (nSPS) is 19.6. The molecular formula is C13H21N3O4. The molecule has 0 aromatic carbocycles. The molecule has 1 saturated heterocycles. The zero-order chi connectivity index (χ0) is 15.3. The largest absolute Gasteiger partial charge is 0.444 e. The highest BCUT2D eigenvalue weighted by Crippen LogP contribution is 2.11. The number of hydrogen-bond acceptors (Lipinski definition) is 4. The summed E-state index contributed by atoms with van der Waals surface area (Å²) in [5, 5.41) is 5.12. The van der Waals surface area contributed by atoms with Crippen molar-refractivity contribution in [1.29, 1.82) is 0 Å². The van der Waals surface area contributed by atoms with E-state index in [0.29, 0.717) is 13.1 Å². The lowest BCUT2D eigenvalue weighted by atomic mass is 10.2. The predicted octanol–water partition coefficient (Wildman–Crippen LogP) is 0.0241. The van der Waals surface area contributed by atoms with Crippen LogP contribution in [-0.2, 0) is 14.3 Å². The van der Waals surface area contributed by atoms with Gasteiger partial charge in [0.2, 0.25) is 11.8 Å². The first kappa shape index (κ1) is 16.0. The standard InChI is InChI=1S/C13H21N3O4/c1-5-10(17)15-9-8-16(7-6-14-11(9)18)12(19)20-13(2,3)4/h5,9H,1,6-8H2,2-4H3,(H,14,18)(H,15,17). The van der Waals surface area contributed by atoms with Crippen LogP contribution in [0.3, 0.4) is 0 Å². The highest BCUT2D eigenvalue weighted by molar-refractivity contribution is 5.93. The van der Waals surface area contributed by atoms with E-state index in [1.165, 1.54) is 4.90 Å². The minimum absolute atomic E-state index is 0.0698. The first-order chi connectivity index (χ1) is 9.23. The van der Waals surface area contributed by atoms with Crippen molar-refractivity contribution < 1.29 is 19.1 Å². The number of carbonyl (C=O) groups excluding carboxylic acids is 3. The topological polar surface area (TPSA) is 87.7 Å².